The van der Waals surface area contributed by atoms with Gasteiger partial charge in [0.2, 0.25) is 0 Å². The molecule has 0 spiro atoms. The van der Waals surface area contributed by atoms with E-state index in [0.717, 1.165) is 0 Å². The van der Waals surface area contributed by atoms with Gasteiger partial charge in [-0.15, -0.1) is 0 Å². The summed E-state index contributed by atoms with van der Waals surface area (Å²) in [7, 11) is 0. The van der Waals surface area contributed by atoms with Gasteiger partial charge in [0, 0.05) is 0 Å². The molecule has 0 aromatic heterocycles. The van der Waals surface area contributed by atoms with Crippen molar-refractivity contribution in [1.82, 2.24) is 0 Å². The van der Waals surface area contributed by atoms with Crippen molar-refractivity contribution in [3.05, 3.63) is 0 Å². The molecule has 0 aliphatic carbocycles. The Morgan fingerprint density at radius 1 is 0.355 bits per heavy atom. The lowest BCUT2D eigenvalue weighted by atomic mass is 9.81. The zero-order valence-electron chi connectivity index (χ0n) is 25.4. The standard InChI is InChI=1S/C10H20O.2C10H22/c1-9(2,3)7-8(11-7)10(4,5)6;2*1-9(2,3)7-8-10(4,5)6/h7-8H,1-6H3;2*7-8H2,1-6H3. The minimum atomic E-state index is 0.317. The first kappa shape index (κ1) is 33.1. The molecule has 1 aliphatic rings. The normalized spacial score (nSPS) is 20.3. The summed E-state index contributed by atoms with van der Waals surface area (Å²) in [5, 5.41) is 0. The van der Waals surface area contributed by atoms with E-state index < -0.39 is 0 Å². The average Bonchev–Trinajstić information content (AvgIpc) is 3.22. The Kier molecular flexibility index (Phi) is 12.2. The molecule has 1 heterocycles. The lowest BCUT2D eigenvalue weighted by molar-refractivity contribution is 0.236. The minimum Gasteiger partial charge on any atom is -0.368 e. The van der Waals surface area contributed by atoms with Crippen molar-refractivity contribution in [1.29, 1.82) is 0 Å². The molecule has 31 heavy (non-hydrogen) atoms. The highest BCUT2D eigenvalue weighted by molar-refractivity contribution is 4.99. The fraction of sp³-hybridized carbons (Fsp3) is 1.00. The van der Waals surface area contributed by atoms with Gasteiger partial charge in [0.15, 0.2) is 0 Å². The molecule has 0 amide bonds. The first-order chi connectivity index (χ1) is 13.1. The lowest BCUT2D eigenvalue weighted by Crippen LogP contribution is -2.23. The van der Waals surface area contributed by atoms with Gasteiger partial charge in [-0.25, -0.2) is 0 Å². The van der Waals surface area contributed by atoms with Crippen LogP contribution in [0.3, 0.4) is 0 Å². The summed E-state index contributed by atoms with van der Waals surface area (Å²) in [6.45, 7) is 41.1. The van der Waals surface area contributed by atoms with E-state index in [2.05, 4.69) is 125 Å². The summed E-state index contributed by atoms with van der Waals surface area (Å²) in [5.74, 6) is 0. The zero-order chi connectivity index (χ0) is 25.7. The van der Waals surface area contributed by atoms with Crippen LogP contribution in [0.4, 0.5) is 0 Å². The highest BCUT2D eigenvalue weighted by Crippen LogP contribution is 2.46. The molecule has 0 aromatic rings. The van der Waals surface area contributed by atoms with E-state index >= 15 is 0 Å². The Morgan fingerprint density at radius 2 is 0.516 bits per heavy atom. The summed E-state index contributed by atoms with van der Waals surface area (Å²) in [4.78, 5) is 0. The van der Waals surface area contributed by atoms with Crippen LogP contribution < -0.4 is 0 Å². The smallest absolute Gasteiger partial charge is 0.0895 e. The quantitative estimate of drug-likeness (QED) is 0.389. The van der Waals surface area contributed by atoms with Crippen LogP contribution in [0.2, 0.25) is 0 Å². The van der Waals surface area contributed by atoms with Gasteiger partial charge < -0.3 is 4.74 Å². The van der Waals surface area contributed by atoms with Crippen LogP contribution in [-0.4, -0.2) is 12.2 Å². The molecule has 2 atom stereocenters. The number of epoxide rings is 1. The highest BCUT2D eigenvalue weighted by atomic mass is 16.6. The molecule has 1 rings (SSSR count). The first-order valence-electron chi connectivity index (χ1n) is 12.8. The van der Waals surface area contributed by atoms with Crippen LogP contribution in [0.15, 0.2) is 0 Å². The predicted molar refractivity (Wildman–Crippen MR) is 144 cm³/mol. The Hall–Kier alpha value is -0.0400. The second-order valence-corrected chi connectivity index (χ2v) is 17.0. The maximum absolute atomic E-state index is 5.65. The van der Waals surface area contributed by atoms with Crippen LogP contribution in [0, 0.1) is 32.5 Å². The summed E-state index contributed by atoms with van der Waals surface area (Å²) in [5.41, 5.74) is 2.66. The molecule has 0 bridgehead atoms. The predicted octanol–water partition coefficient (Wildman–Crippen LogP) is 10.6. The number of hydrogen-bond acceptors (Lipinski definition) is 1. The molecule has 0 saturated carbocycles. The summed E-state index contributed by atoms with van der Waals surface area (Å²) >= 11 is 0. The van der Waals surface area contributed by atoms with Crippen LogP contribution in [0.5, 0.6) is 0 Å². The second kappa shape index (κ2) is 11.4. The van der Waals surface area contributed by atoms with Crippen molar-refractivity contribution in [2.45, 2.75) is 163 Å². The molecule has 1 aliphatic heterocycles. The fourth-order valence-electron chi connectivity index (χ4n) is 2.93. The van der Waals surface area contributed by atoms with E-state index in [-0.39, 0.29) is 0 Å². The van der Waals surface area contributed by atoms with Crippen molar-refractivity contribution >= 4 is 0 Å². The van der Waals surface area contributed by atoms with E-state index in [0.29, 0.717) is 44.7 Å². The third-order valence-electron chi connectivity index (χ3n) is 5.45. The molecule has 0 N–H and O–H groups in total. The number of hydrogen-bond donors (Lipinski definition) is 0. The Bertz CT molecular complexity index is 397. The topological polar surface area (TPSA) is 12.5 Å². The summed E-state index contributed by atoms with van der Waals surface area (Å²) in [6.07, 6.45) is 6.27. The lowest BCUT2D eigenvalue weighted by Gasteiger charge is -2.24. The van der Waals surface area contributed by atoms with Crippen LogP contribution >= 0.6 is 0 Å². The molecule has 0 radical (unpaired) electrons. The Balaban J connectivity index is 0. The van der Waals surface area contributed by atoms with Crippen LogP contribution in [0.1, 0.15) is 150 Å². The van der Waals surface area contributed by atoms with Gasteiger partial charge in [-0.1, -0.05) is 125 Å². The monoisotopic (exact) mass is 440 g/mol. The van der Waals surface area contributed by atoms with Crippen molar-refractivity contribution in [3.63, 3.8) is 0 Å². The van der Waals surface area contributed by atoms with Crippen molar-refractivity contribution in [2.24, 2.45) is 32.5 Å². The molecule has 1 fully saturated rings. The first-order valence-corrected chi connectivity index (χ1v) is 12.8. The molecule has 2 unspecified atom stereocenters. The Morgan fingerprint density at radius 3 is 0.581 bits per heavy atom. The average molecular weight is 441 g/mol. The number of rotatable bonds is 2. The molecule has 1 heteroatoms. The molecular weight excluding hydrogens is 376 g/mol. The maximum atomic E-state index is 5.65. The number of ether oxygens (including phenoxy) is 1. The Labute approximate surface area is 199 Å². The maximum Gasteiger partial charge on any atom is 0.0895 e. The van der Waals surface area contributed by atoms with Gasteiger partial charge in [-0.3, -0.25) is 0 Å². The van der Waals surface area contributed by atoms with E-state index in [1.54, 1.807) is 0 Å². The van der Waals surface area contributed by atoms with Gasteiger partial charge in [-0.2, -0.15) is 0 Å². The van der Waals surface area contributed by atoms with E-state index in [1.807, 2.05) is 0 Å². The van der Waals surface area contributed by atoms with Gasteiger partial charge in [0.05, 0.1) is 12.2 Å². The van der Waals surface area contributed by atoms with E-state index in [4.69, 9.17) is 4.74 Å². The highest BCUT2D eigenvalue weighted by Gasteiger charge is 2.52. The molecule has 190 valence electrons. The van der Waals surface area contributed by atoms with Gasteiger partial charge in [0.1, 0.15) is 0 Å². The zero-order valence-corrected chi connectivity index (χ0v) is 25.4. The van der Waals surface area contributed by atoms with E-state index in [9.17, 15) is 0 Å². The third-order valence-corrected chi connectivity index (χ3v) is 5.45. The van der Waals surface area contributed by atoms with Crippen molar-refractivity contribution in [3.8, 4) is 0 Å². The second-order valence-electron chi connectivity index (χ2n) is 17.0. The third kappa shape index (κ3) is 22.9. The fourth-order valence-corrected chi connectivity index (χ4v) is 2.93. The SMILES string of the molecule is CC(C)(C)C1OC1C(C)(C)C.CC(C)(C)CCC(C)(C)C.CC(C)(C)CCC(C)(C)C. The van der Waals surface area contributed by atoms with Crippen molar-refractivity contribution < 1.29 is 4.74 Å². The summed E-state index contributed by atoms with van der Waals surface area (Å²) in [6, 6.07) is 0. The largest absolute Gasteiger partial charge is 0.368 e. The van der Waals surface area contributed by atoms with Gasteiger partial charge >= 0.3 is 0 Å². The van der Waals surface area contributed by atoms with Crippen molar-refractivity contribution in [2.75, 3.05) is 0 Å². The molecule has 0 aromatic carbocycles. The minimum absolute atomic E-state index is 0.317. The van der Waals surface area contributed by atoms with Crippen LogP contribution in [0.25, 0.3) is 0 Å². The van der Waals surface area contributed by atoms with Gasteiger partial charge in [0.25, 0.3) is 0 Å². The molecular formula is C30H64O. The molecule has 1 saturated heterocycles. The summed E-state index contributed by atoms with van der Waals surface area (Å²) < 4.78 is 5.65. The van der Waals surface area contributed by atoms with Gasteiger partial charge in [-0.05, 0) is 58.2 Å². The van der Waals surface area contributed by atoms with Crippen LogP contribution in [-0.2, 0) is 4.74 Å². The van der Waals surface area contributed by atoms with E-state index in [1.165, 1.54) is 25.7 Å². The molecule has 1 nitrogen and oxygen atoms in total.